The minimum absolute atomic E-state index is 0.134. The van der Waals surface area contributed by atoms with Gasteiger partial charge in [-0.15, -0.1) is 0 Å². The van der Waals surface area contributed by atoms with E-state index >= 15 is 0 Å². The summed E-state index contributed by atoms with van der Waals surface area (Å²) in [4.78, 5) is 25.0. The average Bonchev–Trinajstić information content (AvgIpc) is 2.62. The second-order valence-electron chi connectivity index (χ2n) is 7.35. The summed E-state index contributed by atoms with van der Waals surface area (Å²) in [6.07, 6.45) is 3.17. The Morgan fingerprint density at radius 3 is 2.33 bits per heavy atom. The van der Waals surface area contributed by atoms with E-state index in [0.29, 0.717) is 5.92 Å². The molecular weight excluding hydrogens is 268 g/mol. The molecule has 0 aliphatic carbocycles. The van der Waals surface area contributed by atoms with Crippen LogP contribution in [0.1, 0.15) is 53.9 Å². The molecular formula is C16H30N2O3. The number of amides is 2. The number of hydrogen-bond donors (Lipinski definition) is 2. The largest absolute Gasteiger partial charge is 0.481 e. The maximum absolute atomic E-state index is 12.3. The summed E-state index contributed by atoms with van der Waals surface area (Å²) in [6.45, 7) is 11.6. The van der Waals surface area contributed by atoms with Crippen molar-refractivity contribution in [2.24, 2.45) is 17.3 Å². The normalized spacial score (nSPS) is 23.1. The van der Waals surface area contributed by atoms with Gasteiger partial charge in [0.15, 0.2) is 0 Å². The SMILES string of the molecule is CC(NC(=O)N1CCCC(C(C)(C)C)CC1)C(C)C(=O)O. The number of likely N-dealkylation sites (tertiary alicyclic amines) is 1. The van der Waals surface area contributed by atoms with Gasteiger partial charge in [-0.3, -0.25) is 4.79 Å². The van der Waals surface area contributed by atoms with Gasteiger partial charge in [0.05, 0.1) is 5.92 Å². The highest BCUT2D eigenvalue weighted by atomic mass is 16.4. The molecule has 1 aliphatic rings. The van der Waals surface area contributed by atoms with Gasteiger partial charge >= 0.3 is 12.0 Å². The first kappa shape index (κ1) is 17.8. The van der Waals surface area contributed by atoms with Crippen LogP contribution in [0.3, 0.4) is 0 Å². The second-order valence-corrected chi connectivity index (χ2v) is 7.35. The summed E-state index contributed by atoms with van der Waals surface area (Å²) < 4.78 is 0. The van der Waals surface area contributed by atoms with E-state index in [2.05, 4.69) is 26.1 Å². The molecule has 3 atom stereocenters. The molecule has 0 saturated carbocycles. The lowest BCUT2D eigenvalue weighted by Crippen LogP contribution is -2.47. The Hall–Kier alpha value is -1.26. The van der Waals surface area contributed by atoms with Crippen LogP contribution in [0.15, 0.2) is 0 Å². The first-order chi connectivity index (χ1) is 9.62. The van der Waals surface area contributed by atoms with Gasteiger partial charge in [-0.25, -0.2) is 4.79 Å². The molecule has 5 nitrogen and oxygen atoms in total. The highest BCUT2D eigenvalue weighted by Crippen LogP contribution is 2.34. The molecule has 1 aliphatic heterocycles. The third-order valence-corrected chi connectivity index (χ3v) is 4.73. The molecule has 0 spiro atoms. The van der Waals surface area contributed by atoms with Crippen molar-refractivity contribution < 1.29 is 14.7 Å². The van der Waals surface area contributed by atoms with Gasteiger partial charge < -0.3 is 15.3 Å². The number of carbonyl (C=O) groups excluding carboxylic acids is 1. The van der Waals surface area contributed by atoms with E-state index in [1.54, 1.807) is 13.8 Å². The Kier molecular flexibility index (Phi) is 6.05. The maximum Gasteiger partial charge on any atom is 0.317 e. The highest BCUT2D eigenvalue weighted by molar-refractivity contribution is 5.76. The van der Waals surface area contributed by atoms with Crippen molar-refractivity contribution >= 4 is 12.0 Å². The first-order valence-corrected chi connectivity index (χ1v) is 7.91. The summed E-state index contributed by atoms with van der Waals surface area (Å²) in [6, 6.07) is -0.498. The topological polar surface area (TPSA) is 69.6 Å². The van der Waals surface area contributed by atoms with Gasteiger partial charge in [0, 0.05) is 19.1 Å². The lowest BCUT2D eigenvalue weighted by atomic mass is 9.77. The average molecular weight is 298 g/mol. The fourth-order valence-corrected chi connectivity index (χ4v) is 2.79. The highest BCUT2D eigenvalue weighted by Gasteiger charge is 2.29. The number of hydrogen-bond acceptors (Lipinski definition) is 2. The predicted molar refractivity (Wildman–Crippen MR) is 83.2 cm³/mol. The second kappa shape index (κ2) is 7.14. The van der Waals surface area contributed by atoms with Crippen LogP contribution < -0.4 is 5.32 Å². The minimum atomic E-state index is -0.883. The molecule has 1 fully saturated rings. The zero-order valence-corrected chi connectivity index (χ0v) is 14.0. The van der Waals surface area contributed by atoms with Gasteiger partial charge in [-0.2, -0.15) is 0 Å². The third-order valence-electron chi connectivity index (χ3n) is 4.73. The quantitative estimate of drug-likeness (QED) is 0.841. The summed E-state index contributed by atoms with van der Waals surface area (Å²) >= 11 is 0. The Bertz CT molecular complexity index is 376. The minimum Gasteiger partial charge on any atom is -0.481 e. The van der Waals surface area contributed by atoms with Crippen molar-refractivity contribution in [1.82, 2.24) is 10.2 Å². The fraction of sp³-hybridized carbons (Fsp3) is 0.875. The molecule has 3 unspecified atom stereocenters. The lowest BCUT2D eigenvalue weighted by molar-refractivity contribution is -0.141. The Morgan fingerprint density at radius 2 is 1.81 bits per heavy atom. The van der Waals surface area contributed by atoms with Crippen molar-refractivity contribution in [2.75, 3.05) is 13.1 Å². The molecule has 2 N–H and O–H groups in total. The van der Waals surface area contributed by atoms with Gasteiger partial charge in [-0.1, -0.05) is 20.8 Å². The molecule has 122 valence electrons. The standard InChI is InChI=1S/C16H30N2O3/c1-11(14(19)20)12(2)17-15(21)18-9-6-7-13(8-10-18)16(3,4)5/h11-13H,6-10H2,1-5H3,(H,17,21)(H,19,20). The van der Waals surface area contributed by atoms with Gasteiger partial charge in [0.1, 0.15) is 0 Å². The molecule has 1 rings (SSSR count). The van der Waals surface area contributed by atoms with E-state index in [-0.39, 0.29) is 17.5 Å². The molecule has 2 amide bonds. The molecule has 0 bridgehead atoms. The maximum atomic E-state index is 12.3. The number of carboxylic acids is 1. The van der Waals surface area contributed by atoms with Crippen molar-refractivity contribution in [1.29, 1.82) is 0 Å². The van der Waals surface area contributed by atoms with Crippen LogP contribution in [0.2, 0.25) is 0 Å². The van der Waals surface area contributed by atoms with Gasteiger partial charge in [0.2, 0.25) is 0 Å². The predicted octanol–water partition coefficient (Wildman–Crippen LogP) is 2.95. The summed E-state index contributed by atoms with van der Waals surface area (Å²) in [7, 11) is 0. The van der Waals surface area contributed by atoms with E-state index in [1.807, 2.05) is 4.90 Å². The number of aliphatic carboxylic acids is 1. The number of urea groups is 1. The first-order valence-electron chi connectivity index (χ1n) is 7.91. The smallest absolute Gasteiger partial charge is 0.317 e. The van der Waals surface area contributed by atoms with Crippen LogP contribution in [-0.2, 0) is 4.79 Å². The van der Waals surface area contributed by atoms with Crippen molar-refractivity contribution in [3.8, 4) is 0 Å². The summed E-state index contributed by atoms with van der Waals surface area (Å²) in [5.41, 5.74) is 0.275. The Morgan fingerprint density at radius 1 is 1.19 bits per heavy atom. The number of rotatable bonds is 3. The van der Waals surface area contributed by atoms with Gasteiger partial charge in [-0.05, 0) is 44.4 Å². The molecule has 5 heteroatoms. The Labute approximate surface area is 128 Å². The number of carboxylic acid groups (broad SMARTS) is 1. The summed E-state index contributed by atoms with van der Waals surface area (Å²) in [5.74, 6) is -0.833. The molecule has 1 heterocycles. The molecule has 0 aromatic carbocycles. The zero-order chi connectivity index (χ0) is 16.2. The zero-order valence-electron chi connectivity index (χ0n) is 14.0. The monoisotopic (exact) mass is 298 g/mol. The van der Waals surface area contributed by atoms with E-state index in [9.17, 15) is 9.59 Å². The van der Waals surface area contributed by atoms with Crippen molar-refractivity contribution in [2.45, 2.75) is 59.9 Å². The molecule has 1 saturated heterocycles. The van der Waals surface area contributed by atoms with Crippen LogP contribution >= 0.6 is 0 Å². The van der Waals surface area contributed by atoms with Crippen molar-refractivity contribution in [3.05, 3.63) is 0 Å². The van der Waals surface area contributed by atoms with E-state index in [1.165, 1.54) is 0 Å². The van der Waals surface area contributed by atoms with E-state index in [4.69, 9.17) is 5.11 Å². The molecule has 0 radical (unpaired) electrons. The summed E-state index contributed by atoms with van der Waals surface area (Å²) in [5, 5.41) is 11.8. The number of carbonyl (C=O) groups is 2. The molecule has 0 aromatic heterocycles. The lowest BCUT2D eigenvalue weighted by Gasteiger charge is -2.30. The van der Waals surface area contributed by atoms with Crippen LogP contribution in [0.5, 0.6) is 0 Å². The number of nitrogens with zero attached hydrogens (tertiary/aromatic N) is 1. The van der Waals surface area contributed by atoms with E-state index in [0.717, 1.165) is 32.4 Å². The van der Waals surface area contributed by atoms with Gasteiger partial charge in [0.25, 0.3) is 0 Å². The molecule has 0 aromatic rings. The van der Waals surface area contributed by atoms with Crippen molar-refractivity contribution in [3.63, 3.8) is 0 Å². The van der Waals surface area contributed by atoms with Crippen LogP contribution in [-0.4, -0.2) is 41.1 Å². The van der Waals surface area contributed by atoms with Crippen LogP contribution in [0, 0.1) is 17.3 Å². The third kappa shape index (κ3) is 5.21. The van der Waals surface area contributed by atoms with Crippen LogP contribution in [0.25, 0.3) is 0 Å². The van der Waals surface area contributed by atoms with E-state index < -0.39 is 11.9 Å². The number of nitrogens with one attached hydrogen (secondary N) is 1. The van der Waals surface area contributed by atoms with Crippen LogP contribution in [0.4, 0.5) is 4.79 Å². The molecule has 21 heavy (non-hydrogen) atoms. The fourth-order valence-electron chi connectivity index (χ4n) is 2.79. The Balaban J connectivity index is 2.54.